The number of hydrogen-bond acceptors (Lipinski definition) is 4. The maximum atomic E-state index is 12.3. The van der Waals surface area contributed by atoms with Gasteiger partial charge in [-0.05, 0) is 17.9 Å². The lowest BCUT2D eigenvalue weighted by molar-refractivity contribution is -0.141. The van der Waals surface area contributed by atoms with Gasteiger partial charge >= 0.3 is 0 Å². The molecule has 0 spiro atoms. The molecule has 2 heterocycles. The van der Waals surface area contributed by atoms with Gasteiger partial charge in [-0.25, -0.2) is 0 Å². The molecule has 2 atom stereocenters. The number of methoxy groups -OCH3 is 1. The maximum absolute atomic E-state index is 12.3. The van der Waals surface area contributed by atoms with E-state index in [9.17, 15) is 9.59 Å². The van der Waals surface area contributed by atoms with Gasteiger partial charge < -0.3 is 15.0 Å². The number of nitrogens with one attached hydrogen (secondary N) is 1. The van der Waals surface area contributed by atoms with Crippen molar-refractivity contribution in [2.45, 2.75) is 18.9 Å². The minimum atomic E-state index is -0.187. The lowest BCUT2D eigenvalue weighted by Crippen LogP contribution is -2.46. The van der Waals surface area contributed by atoms with Crippen molar-refractivity contribution in [3.05, 3.63) is 22.4 Å². The van der Waals surface area contributed by atoms with E-state index in [1.54, 1.807) is 30.4 Å². The molecule has 1 aromatic rings. The lowest BCUT2D eigenvalue weighted by Gasteiger charge is -2.37. The van der Waals surface area contributed by atoms with Crippen LogP contribution >= 0.6 is 11.3 Å². The van der Waals surface area contributed by atoms with Gasteiger partial charge in [0, 0.05) is 32.0 Å². The van der Waals surface area contributed by atoms with Gasteiger partial charge in [-0.15, -0.1) is 11.3 Å². The Morgan fingerprint density at radius 3 is 3.05 bits per heavy atom. The largest absolute Gasteiger partial charge is 0.383 e. The molecule has 20 heavy (non-hydrogen) atoms. The van der Waals surface area contributed by atoms with E-state index in [0.29, 0.717) is 26.0 Å². The highest BCUT2D eigenvalue weighted by atomic mass is 32.1. The van der Waals surface area contributed by atoms with Crippen LogP contribution in [0.25, 0.3) is 0 Å². The fourth-order valence-electron chi connectivity index (χ4n) is 2.57. The Bertz CT molecular complexity index is 461. The number of piperidine rings is 1. The van der Waals surface area contributed by atoms with Crippen molar-refractivity contribution in [3.8, 4) is 0 Å². The average molecular weight is 296 g/mol. The quantitative estimate of drug-likeness (QED) is 0.836. The summed E-state index contributed by atoms with van der Waals surface area (Å²) in [5.41, 5.74) is 0. The van der Waals surface area contributed by atoms with E-state index in [2.05, 4.69) is 5.32 Å². The smallest absolute Gasteiger partial charge is 0.225 e. The summed E-state index contributed by atoms with van der Waals surface area (Å²) < 4.78 is 4.94. The molecule has 1 fully saturated rings. The summed E-state index contributed by atoms with van der Waals surface area (Å²) in [6, 6.07) is 3.78. The van der Waals surface area contributed by atoms with Gasteiger partial charge in [0.2, 0.25) is 11.8 Å². The van der Waals surface area contributed by atoms with Crippen LogP contribution in [0.1, 0.15) is 23.8 Å². The molecule has 1 aliphatic heterocycles. The zero-order chi connectivity index (χ0) is 14.5. The van der Waals surface area contributed by atoms with Gasteiger partial charge in [0.25, 0.3) is 0 Å². The number of likely N-dealkylation sites (tertiary alicyclic amines) is 1. The number of hydrogen-bond donors (Lipinski definition) is 1. The third-order valence-corrected chi connectivity index (χ3v) is 4.58. The Balaban J connectivity index is 2.12. The first kappa shape index (κ1) is 15.0. The Morgan fingerprint density at radius 2 is 2.40 bits per heavy atom. The first-order valence-electron chi connectivity index (χ1n) is 6.71. The van der Waals surface area contributed by atoms with Crippen LogP contribution < -0.4 is 5.32 Å². The predicted molar refractivity (Wildman–Crippen MR) is 77.4 cm³/mol. The highest BCUT2D eigenvalue weighted by molar-refractivity contribution is 7.10. The highest BCUT2D eigenvalue weighted by Crippen LogP contribution is 2.37. The first-order valence-corrected chi connectivity index (χ1v) is 7.59. The molecule has 5 nitrogen and oxygen atoms in total. The van der Waals surface area contributed by atoms with E-state index in [4.69, 9.17) is 4.74 Å². The van der Waals surface area contributed by atoms with Gasteiger partial charge in [-0.2, -0.15) is 0 Å². The summed E-state index contributed by atoms with van der Waals surface area (Å²) in [6.07, 6.45) is 1.03. The van der Waals surface area contributed by atoms with Gasteiger partial charge in [-0.1, -0.05) is 6.07 Å². The second-order valence-corrected chi connectivity index (χ2v) is 5.87. The number of ether oxygens (including phenoxy) is 1. The van der Waals surface area contributed by atoms with Crippen molar-refractivity contribution in [3.63, 3.8) is 0 Å². The molecule has 0 aromatic carbocycles. The van der Waals surface area contributed by atoms with Gasteiger partial charge in [0.15, 0.2) is 0 Å². The topological polar surface area (TPSA) is 58.6 Å². The summed E-state index contributed by atoms with van der Waals surface area (Å²) in [5, 5.41) is 4.86. The van der Waals surface area contributed by atoms with Crippen LogP contribution in [-0.4, -0.2) is 44.0 Å². The molecule has 1 aromatic heterocycles. The summed E-state index contributed by atoms with van der Waals surface area (Å²) in [6.45, 7) is 0.998. The van der Waals surface area contributed by atoms with Crippen LogP contribution in [-0.2, 0) is 14.3 Å². The van der Waals surface area contributed by atoms with Crippen LogP contribution in [0.3, 0.4) is 0 Å². The molecular weight excluding hydrogens is 276 g/mol. The van der Waals surface area contributed by atoms with E-state index >= 15 is 0 Å². The third-order valence-electron chi connectivity index (χ3n) is 3.64. The number of carbonyl (C=O) groups is 2. The van der Waals surface area contributed by atoms with E-state index in [-0.39, 0.29) is 23.8 Å². The lowest BCUT2D eigenvalue weighted by atomic mass is 9.87. The minimum absolute atomic E-state index is 0.000185. The fourth-order valence-corrected chi connectivity index (χ4v) is 3.50. The van der Waals surface area contributed by atoms with Crippen LogP contribution in [0.5, 0.6) is 0 Å². The number of rotatable bonds is 5. The minimum Gasteiger partial charge on any atom is -0.383 e. The van der Waals surface area contributed by atoms with Crippen molar-refractivity contribution >= 4 is 23.2 Å². The molecule has 2 rings (SSSR count). The SMILES string of the molecule is COCCNC(=O)[C@H]1CCC(=O)N(C)[C@H]1c1cccs1. The molecule has 0 unspecified atom stereocenters. The van der Waals surface area contributed by atoms with E-state index in [1.807, 2.05) is 17.5 Å². The average Bonchev–Trinajstić information content (AvgIpc) is 2.95. The van der Waals surface area contributed by atoms with E-state index in [0.717, 1.165) is 4.88 Å². The second-order valence-electron chi connectivity index (χ2n) is 4.89. The van der Waals surface area contributed by atoms with Gasteiger partial charge in [-0.3, -0.25) is 9.59 Å². The molecule has 1 aliphatic rings. The van der Waals surface area contributed by atoms with Crippen LogP contribution in [0, 0.1) is 5.92 Å². The second kappa shape index (κ2) is 6.85. The van der Waals surface area contributed by atoms with E-state index in [1.165, 1.54) is 0 Å². The van der Waals surface area contributed by atoms with Crippen molar-refractivity contribution in [2.24, 2.45) is 5.92 Å². The van der Waals surface area contributed by atoms with Crippen LogP contribution in [0.4, 0.5) is 0 Å². The molecule has 110 valence electrons. The molecule has 0 radical (unpaired) electrons. The zero-order valence-electron chi connectivity index (χ0n) is 11.8. The summed E-state index contributed by atoms with van der Waals surface area (Å²) in [7, 11) is 3.38. The molecule has 2 amide bonds. The molecule has 1 saturated heterocycles. The van der Waals surface area contributed by atoms with Crippen molar-refractivity contribution in [1.82, 2.24) is 10.2 Å². The Hall–Kier alpha value is -1.40. The van der Waals surface area contributed by atoms with Crippen molar-refractivity contribution in [1.29, 1.82) is 0 Å². The summed E-state index contributed by atoms with van der Waals surface area (Å²) in [4.78, 5) is 27.0. The standard InChI is InChI=1S/C14H20N2O3S/c1-16-12(17)6-5-10(14(18)15-7-8-19-2)13(16)11-4-3-9-20-11/h3-4,9-10,13H,5-8H2,1-2H3,(H,15,18)/t10-,13+/m0/s1. The molecular formula is C14H20N2O3S. The third kappa shape index (κ3) is 3.19. The maximum Gasteiger partial charge on any atom is 0.225 e. The molecule has 6 heteroatoms. The number of carbonyl (C=O) groups excluding carboxylic acids is 2. The molecule has 0 aliphatic carbocycles. The molecule has 0 bridgehead atoms. The molecule has 0 saturated carbocycles. The zero-order valence-corrected chi connectivity index (χ0v) is 12.6. The van der Waals surface area contributed by atoms with Crippen molar-refractivity contribution < 1.29 is 14.3 Å². The van der Waals surface area contributed by atoms with Gasteiger partial charge in [0.05, 0.1) is 18.6 Å². The predicted octanol–water partition coefficient (Wildman–Crippen LogP) is 1.42. The Morgan fingerprint density at radius 1 is 1.60 bits per heavy atom. The van der Waals surface area contributed by atoms with E-state index < -0.39 is 0 Å². The number of nitrogens with zero attached hydrogens (tertiary/aromatic N) is 1. The molecule has 1 N–H and O–H groups in total. The number of amides is 2. The fraction of sp³-hybridized carbons (Fsp3) is 0.571. The Labute approximate surface area is 122 Å². The monoisotopic (exact) mass is 296 g/mol. The normalized spacial score (nSPS) is 22.9. The Kier molecular flexibility index (Phi) is 5.14. The van der Waals surface area contributed by atoms with Crippen LogP contribution in [0.15, 0.2) is 17.5 Å². The van der Waals surface area contributed by atoms with Crippen LogP contribution in [0.2, 0.25) is 0 Å². The summed E-state index contributed by atoms with van der Waals surface area (Å²) >= 11 is 1.59. The highest BCUT2D eigenvalue weighted by Gasteiger charge is 2.39. The number of thiophene rings is 1. The summed E-state index contributed by atoms with van der Waals surface area (Å²) in [5.74, 6) is -0.0858. The van der Waals surface area contributed by atoms with Gasteiger partial charge in [0.1, 0.15) is 0 Å². The first-order chi connectivity index (χ1) is 9.65. The van der Waals surface area contributed by atoms with Crippen molar-refractivity contribution in [2.75, 3.05) is 27.3 Å².